The van der Waals surface area contributed by atoms with Crippen LogP contribution in [0.25, 0.3) is 22.8 Å². The predicted octanol–water partition coefficient (Wildman–Crippen LogP) is 5.29. The van der Waals surface area contributed by atoms with Crippen LogP contribution in [-0.2, 0) is 17.0 Å². The molecule has 4 rings (SSSR count). The average molecular weight is 456 g/mol. The number of benzene rings is 2. The molecule has 0 saturated carbocycles. The molecule has 0 atom stereocenters. The van der Waals surface area contributed by atoms with Crippen molar-refractivity contribution >= 4 is 23.4 Å². The van der Waals surface area contributed by atoms with E-state index in [9.17, 15) is 0 Å². The molecule has 0 unspecified atom stereocenters. The van der Waals surface area contributed by atoms with E-state index in [1.54, 1.807) is 7.11 Å². The van der Waals surface area contributed by atoms with Crippen molar-refractivity contribution < 1.29 is 9.26 Å². The van der Waals surface area contributed by atoms with E-state index in [1.165, 1.54) is 17.3 Å². The summed E-state index contributed by atoms with van der Waals surface area (Å²) in [5.74, 6) is 2.33. The highest BCUT2D eigenvalue weighted by Gasteiger charge is 2.18. The normalized spacial score (nSPS) is 11.2. The zero-order chi connectivity index (χ0) is 21.6. The van der Waals surface area contributed by atoms with Crippen molar-refractivity contribution in [2.45, 2.75) is 30.8 Å². The minimum atomic E-state index is 0.490. The first-order chi connectivity index (χ1) is 15.2. The first kappa shape index (κ1) is 21.5. The van der Waals surface area contributed by atoms with Crippen LogP contribution in [0.4, 0.5) is 0 Å². The number of methoxy groups -OCH3 is 1. The average Bonchev–Trinajstić information content (AvgIpc) is 3.41. The highest BCUT2D eigenvalue weighted by atomic mass is 35.5. The molecule has 0 radical (unpaired) electrons. The Kier molecular flexibility index (Phi) is 7.01. The minimum Gasteiger partial charge on any atom is -0.385 e. The van der Waals surface area contributed by atoms with Crippen LogP contribution >= 0.6 is 23.4 Å². The van der Waals surface area contributed by atoms with Gasteiger partial charge in [0.25, 0.3) is 0 Å². The van der Waals surface area contributed by atoms with Gasteiger partial charge in [-0.2, -0.15) is 4.98 Å². The van der Waals surface area contributed by atoms with E-state index in [1.807, 2.05) is 55.5 Å². The van der Waals surface area contributed by atoms with Crippen LogP contribution in [0.15, 0.2) is 58.2 Å². The second kappa shape index (κ2) is 10.1. The summed E-state index contributed by atoms with van der Waals surface area (Å²) < 4.78 is 12.7. The Morgan fingerprint density at radius 2 is 1.90 bits per heavy atom. The second-order valence-electron chi connectivity index (χ2n) is 6.95. The van der Waals surface area contributed by atoms with Gasteiger partial charge >= 0.3 is 0 Å². The van der Waals surface area contributed by atoms with Gasteiger partial charge in [0.15, 0.2) is 11.0 Å². The van der Waals surface area contributed by atoms with E-state index in [0.717, 1.165) is 28.5 Å². The molecular formula is C22H22ClN5O2S. The Morgan fingerprint density at radius 3 is 2.68 bits per heavy atom. The van der Waals surface area contributed by atoms with Crippen molar-refractivity contribution in [2.24, 2.45) is 0 Å². The van der Waals surface area contributed by atoms with Crippen molar-refractivity contribution in [3.8, 4) is 22.8 Å². The summed E-state index contributed by atoms with van der Waals surface area (Å²) in [4.78, 5) is 4.51. The Labute approximate surface area is 189 Å². The van der Waals surface area contributed by atoms with Crippen molar-refractivity contribution in [1.29, 1.82) is 0 Å². The van der Waals surface area contributed by atoms with Crippen LogP contribution in [0.5, 0.6) is 0 Å². The molecule has 2 aromatic carbocycles. The van der Waals surface area contributed by atoms with E-state index >= 15 is 0 Å². The Morgan fingerprint density at radius 1 is 1.10 bits per heavy atom. The number of thioether (sulfide) groups is 1. The third kappa shape index (κ3) is 5.15. The molecule has 0 saturated heterocycles. The van der Waals surface area contributed by atoms with Crippen molar-refractivity contribution in [1.82, 2.24) is 24.9 Å². The van der Waals surface area contributed by atoms with Crippen molar-refractivity contribution in [3.05, 3.63) is 65.0 Å². The van der Waals surface area contributed by atoms with E-state index in [-0.39, 0.29) is 0 Å². The zero-order valence-corrected chi connectivity index (χ0v) is 18.9. The lowest BCUT2D eigenvalue weighted by Crippen LogP contribution is -2.05. The molecule has 2 heterocycles. The summed E-state index contributed by atoms with van der Waals surface area (Å²) in [5, 5.41) is 14.3. The Bertz CT molecular complexity index is 1140. The first-order valence-corrected chi connectivity index (χ1v) is 11.2. The summed E-state index contributed by atoms with van der Waals surface area (Å²) in [6, 6.07) is 15.7. The van der Waals surface area contributed by atoms with Gasteiger partial charge < -0.3 is 13.8 Å². The van der Waals surface area contributed by atoms with E-state index in [4.69, 9.17) is 20.9 Å². The fraction of sp³-hybridized carbons (Fsp3) is 0.273. The number of rotatable bonds is 9. The minimum absolute atomic E-state index is 0.490. The maximum atomic E-state index is 6.40. The summed E-state index contributed by atoms with van der Waals surface area (Å²) in [6.45, 7) is 3.40. The van der Waals surface area contributed by atoms with Crippen LogP contribution in [0.3, 0.4) is 0 Å². The standard InChI is InChI=1S/C22H22ClN5O2S/c1-15-8-10-16(11-9-15)20-24-19(30-27-20)14-31-22-26-25-21(28(22)12-5-13-29-2)17-6-3-4-7-18(17)23/h3-4,6-11H,5,12-14H2,1-2H3. The van der Waals surface area contributed by atoms with Crippen LogP contribution in [-0.4, -0.2) is 38.6 Å². The summed E-state index contributed by atoms with van der Waals surface area (Å²) in [6.07, 6.45) is 0.831. The number of hydrogen-bond acceptors (Lipinski definition) is 7. The lowest BCUT2D eigenvalue weighted by atomic mass is 10.1. The summed E-state index contributed by atoms with van der Waals surface area (Å²) >= 11 is 7.90. The fourth-order valence-corrected chi connectivity index (χ4v) is 4.09. The quantitative estimate of drug-likeness (QED) is 0.250. The van der Waals surface area contributed by atoms with Crippen LogP contribution < -0.4 is 0 Å². The maximum Gasteiger partial charge on any atom is 0.237 e. The molecule has 160 valence electrons. The third-order valence-corrected chi connectivity index (χ3v) is 5.95. The number of halogens is 1. The maximum absolute atomic E-state index is 6.40. The Balaban J connectivity index is 1.53. The largest absolute Gasteiger partial charge is 0.385 e. The molecule has 0 fully saturated rings. The highest BCUT2D eigenvalue weighted by molar-refractivity contribution is 7.98. The lowest BCUT2D eigenvalue weighted by Gasteiger charge is -2.10. The van der Waals surface area contributed by atoms with E-state index in [2.05, 4.69) is 24.9 Å². The SMILES string of the molecule is COCCCn1c(SCc2nc(-c3ccc(C)cc3)no2)nnc1-c1ccccc1Cl. The number of ether oxygens (including phenoxy) is 1. The van der Waals surface area contributed by atoms with Gasteiger partial charge in [-0.05, 0) is 25.5 Å². The van der Waals surface area contributed by atoms with Gasteiger partial charge in [-0.15, -0.1) is 10.2 Å². The van der Waals surface area contributed by atoms with Gasteiger partial charge in [0, 0.05) is 31.4 Å². The molecule has 0 bridgehead atoms. The number of nitrogens with zero attached hydrogens (tertiary/aromatic N) is 5. The number of aryl methyl sites for hydroxylation is 1. The zero-order valence-electron chi connectivity index (χ0n) is 17.3. The lowest BCUT2D eigenvalue weighted by molar-refractivity contribution is 0.189. The Hall–Kier alpha value is -2.68. The smallest absolute Gasteiger partial charge is 0.237 e. The van der Waals surface area contributed by atoms with Gasteiger partial charge in [-0.3, -0.25) is 0 Å². The molecule has 4 aromatic rings. The molecule has 0 aliphatic rings. The van der Waals surface area contributed by atoms with Crippen molar-refractivity contribution in [3.63, 3.8) is 0 Å². The number of hydrogen-bond donors (Lipinski definition) is 0. The third-order valence-electron chi connectivity index (χ3n) is 4.66. The molecule has 9 heteroatoms. The summed E-state index contributed by atoms with van der Waals surface area (Å²) in [7, 11) is 1.69. The molecule has 2 aromatic heterocycles. The highest BCUT2D eigenvalue weighted by Crippen LogP contribution is 2.30. The van der Waals surface area contributed by atoms with E-state index < -0.39 is 0 Å². The van der Waals surface area contributed by atoms with Crippen LogP contribution in [0, 0.1) is 6.92 Å². The van der Waals surface area contributed by atoms with Gasteiger partial charge in [0.2, 0.25) is 11.7 Å². The predicted molar refractivity (Wildman–Crippen MR) is 121 cm³/mol. The van der Waals surface area contributed by atoms with Gasteiger partial charge in [-0.1, -0.05) is 70.5 Å². The summed E-state index contributed by atoms with van der Waals surface area (Å²) in [5.41, 5.74) is 2.96. The molecule has 0 aliphatic heterocycles. The van der Waals surface area contributed by atoms with Gasteiger partial charge in [-0.25, -0.2) is 0 Å². The molecule has 0 aliphatic carbocycles. The van der Waals surface area contributed by atoms with E-state index in [0.29, 0.717) is 35.6 Å². The van der Waals surface area contributed by atoms with Crippen molar-refractivity contribution in [2.75, 3.05) is 13.7 Å². The molecule has 0 N–H and O–H groups in total. The number of aromatic nitrogens is 5. The van der Waals surface area contributed by atoms with Gasteiger partial charge in [0.05, 0.1) is 10.8 Å². The van der Waals surface area contributed by atoms with Crippen LogP contribution in [0.2, 0.25) is 5.02 Å². The molecule has 0 amide bonds. The molecule has 31 heavy (non-hydrogen) atoms. The second-order valence-corrected chi connectivity index (χ2v) is 8.30. The molecular weight excluding hydrogens is 434 g/mol. The fourth-order valence-electron chi connectivity index (χ4n) is 3.07. The first-order valence-electron chi connectivity index (χ1n) is 9.85. The monoisotopic (exact) mass is 455 g/mol. The van der Waals surface area contributed by atoms with Gasteiger partial charge in [0.1, 0.15) is 0 Å². The molecule has 0 spiro atoms. The molecule has 7 nitrogen and oxygen atoms in total. The van der Waals surface area contributed by atoms with Crippen LogP contribution in [0.1, 0.15) is 17.9 Å². The topological polar surface area (TPSA) is 78.9 Å².